The largest absolute Gasteiger partial charge is 0.395 e. The summed E-state index contributed by atoms with van der Waals surface area (Å²) in [7, 11) is 0. The molecule has 0 fully saturated rings. The number of hydrogen-bond acceptors (Lipinski definition) is 3. The third kappa shape index (κ3) is 6.33. The topological polar surface area (TPSA) is 40.5 Å². The van der Waals surface area contributed by atoms with Crippen molar-refractivity contribution in [3.05, 3.63) is 21.9 Å². The van der Waals surface area contributed by atoms with Crippen LogP contribution in [0.5, 0.6) is 0 Å². The van der Waals surface area contributed by atoms with E-state index in [4.69, 9.17) is 5.11 Å². The Hall–Kier alpha value is -1.31. The number of carbonyl (C=O) groups excluding carboxylic acids is 1. The van der Waals surface area contributed by atoms with E-state index in [1.54, 1.807) is 0 Å². The van der Waals surface area contributed by atoms with Crippen LogP contribution >= 0.6 is 11.3 Å². The van der Waals surface area contributed by atoms with E-state index < -0.39 is 0 Å². The Morgan fingerprint density at radius 2 is 1.95 bits per heavy atom. The van der Waals surface area contributed by atoms with E-state index >= 15 is 0 Å². The molecule has 1 N–H and O–H groups in total. The van der Waals surface area contributed by atoms with Crippen molar-refractivity contribution in [3.8, 4) is 11.8 Å². The van der Waals surface area contributed by atoms with Crippen LogP contribution in [0, 0.1) is 11.8 Å². The number of aliphatic hydroxyl groups is 1. The van der Waals surface area contributed by atoms with Gasteiger partial charge in [0.1, 0.15) is 0 Å². The zero-order valence-corrected chi connectivity index (χ0v) is 13.8. The summed E-state index contributed by atoms with van der Waals surface area (Å²) in [6.45, 7) is 6.02. The molecule has 21 heavy (non-hydrogen) atoms. The van der Waals surface area contributed by atoms with Gasteiger partial charge in [0.2, 0.25) is 0 Å². The summed E-state index contributed by atoms with van der Waals surface area (Å²) >= 11 is 1.49. The van der Waals surface area contributed by atoms with Crippen LogP contribution in [0.25, 0.3) is 0 Å². The van der Waals surface area contributed by atoms with E-state index in [2.05, 4.69) is 25.7 Å². The van der Waals surface area contributed by atoms with Crippen molar-refractivity contribution in [2.24, 2.45) is 0 Å². The summed E-state index contributed by atoms with van der Waals surface area (Å²) in [6.07, 6.45) is 4.75. The van der Waals surface area contributed by atoms with Crippen molar-refractivity contribution in [1.29, 1.82) is 0 Å². The second-order valence-electron chi connectivity index (χ2n) is 4.97. The molecule has 0 spiro atoms. The zero-order valence-electron chi connectivity index (χ0n) is 13.0. The van der Waals surface area contributed by atoms with Gasteiger partial charge in [-0.3, -0.25) is 4.79 Å². The number of thiophene rings is 1. The number of aliphatic hydroxyl groups excluding tert-OH is 1. The summed E-state index contributed by atoms with van der Waals surface area (Å²) in [5.74, 6) is 5.99. The lowest BCUT2D eigenvalue weighted by Gasteiger charge is -2.21. The molecule has 0 bridgehead atoms. The molecule has 3 nitrogen and oxygen atoms in total. The Morgan fingerprint density at radius 3 is 2.52 bits per heavy atom. The van der Waals surface area contributed by atoms with Crippen molar-refractivity contribution in [2.75, 3.05) is 19.7 Å². The van der Waals surface area contributed by atoms with Gasteiger partial charge in [-0.1, -0.05) is 38.5 Å². The molecule has 0 aliphatic heterocycles. The molecule has 1 amide bonds. The first kappa shape index (κ1) is 17.7. The van der Waals surface area contributed by atoms with Gasteiger partial charge in [0.05, 0.1) is 17.0 Å². The lowest BCUT2D eigenvalue weighted by Crippen LogP contribution is -2.32. The van der Waals surface area contributed by atoms with Gasteiger partial charge in [-0.2, -0.15) is 0 Å². The molecule has 0 aromatic carbocycles. The van der Waals surface area contributed by atoms with E-state index in [9.17, 15) is 4.79 Å². The molecule has 1 aromatic rings. The van der Waals surface area contributed by atoms with Gasteiger partial charge in [0, 0.05) is 24.9 Å². The third-order valence-electron chi connectivity index (χ3n) is 3.15. The van der Waals surface area contributed by atoms with Gasteiger partial charge in [-0.05, 0) is 18.9 Å². The van der Waals surface area contributed by atoms with Crippen molar-refractivity contribution >= 4 is 17.2 Å². The fraction of sp³-hybridized carbons (Fsp3) is 0.588. The minimum Gasteiger partial charge on any atom is -0.395 e. The minimum atomic E-state index is 0.0754. The number of amides is 1. The molecule has 1 aromatic heterocycles. The monoisotopic (exact) mass is 307 g/mol. The Labute approximate surface area is 132 Å². The summed E-state index contributed by atoms with van der Waals surface area (Å²) in [6, 6.07) is 1.86. The summed E-state index contributed by atoms with van der Waals surface area (Å²) in [4.78, 5) is 15.4. The lowest BCUT2D eigenvalue weighted by molar-refractivity contribution is 0.0751. The van der Waals surface area contributed by atoms with Crippen molar-refractivity contribution in [3.63, 3.8) is 0 Å². The average molecular weight is 307 g/mol. The van der Waals surface area contributed by atoms with Crippen LogP contribution in [0.4, 0.5) is 0 Å². The Bertz CT molecular complexity index is 476. The second kappa shape index (κ2) is 10.4. The normalized spacial score (nSPS) is 10.0. The SMILES string of the molecule is CCCCN(CCCC)C(=O)c1csc(C#CCCO)c1. The molecule has 0 aliphatic rings. The highest BCUT2D eigenvalue weighted by Gasteiger charge is 2.16. The first-order valence-corrected chi connectivity index (χ1v) is 8.58. The molecule has 1 heterocycles. The van der Waals surface area contributed by atoms with Crippen molar-refractivity contribution in [2.45, 2.75) is 46.0 Å². The molecule has 0 unspecified atom stereocenters. The van der Waals surface area contributed by atoms with Crippen LogP contribution in [-0.4, -0.2) is 35.6 Å². The molecule has 0 saturated heterocycles. The number of rotatable bonds is 8. The summed E-state index contributed by atoms with van der Waals surface area (Å²) in [5.41, 5.74) is 0.737. The van der Waals surface area contributed by atoms with E-state index in [-0.39, 0.29) is 12.5 Å². The lowest BCUT2D eigenvalue weighted by atomic mass is 10.2. The van der Waals surface area contributed by atoms with Gasteiger partial charge in [0.25, 0.3) is 5.91 Å². The van der Waals surface area contributed by atoms with Crippen molar-refractivity contribution in [1.82, 2.24) is 4.90 Å². The highest BCUT2D eigenvalue weighted by Crippen LogP contribution is 2.16. The maximum Gasteiger partial charge on any atom is 0.254 e. The zero-order chi connectivity index (χ0) is 15.5. The fourth-order valence-electron chi connectivity index (χ4n) is 1.91. The van der Waals surface area contributed by atoms with Crippen LogP contribution in [0.3, 0.4) is 0 Å². The number of nitrogens with zero attached hydrogens (tertiary/aromatic N) is 1. The molecule has 0 atom stereocenters. The summed E-state index contributed by atoms with van der Waals surface area (Å²) < 4.78 is 0. The molecule has 0 aliphatic carbocycles. The van der Waals surface area contributed by atoms with E-state index in [1.807, 2.05) is 16.3 Å². The fourth-order valence-corrected chi connectivity index (χ4v) is 2.66. The van der Waals surface area contributed by atoms with Crippen LogP contribution in [-0.2, 0) is 0 Å². The molecule has 1 rings (SSSR count). The van der Waals surface area contributed by atoms with Gasteiger partial charge in [-0.25, -0.2) is 0 Å². The standard InChI is InChI=1S/C17H25NO2S/c1-3-5-10-18(11-6-4-2)17(20)15-13-16(21-14-15)9-7-8-12-19/h13-14,19H,3-6,8,10-12H2,1-2H3. The average Bonchev–Trinajstić information content (AvgIpc) is 2.96. The van der Waals surface area contributed by atoms with Crippen LogP contribution in [0.2, 0.25) is 0 Å². The Kier molecular flexibility index (Phi) is 8.80. The molecular weight excluding hydrogens is 282 g/mol. The summed E-state index contributed by atoms with van der Waals surface area (Å²) in [5, 5.41) is 10.6. The number of hydrogen-bond donors (Lipinski definition) is 1. The molecule has 4 heteroatoms. The molecular formula is C17H25NO2S. The predicted molar refractivity (Wildman–Crippen MR) is 88.6 cm³/mol. The number of carbonyl (C=O) groups is 1. The van der Waals surface area contributed by atoms with E-state index in [1.165, 1.54) is 11.3 Å². The number of unbranched alkanes of at least 4 members (excludes halogenated alkanes) is 2. The maximum absolute atomic E-state index is 12.5. The smallest absolute Gasteiger partial charge is 0.254 e. The third-order valence-corrected chi connectivity index (χ3v) is 3.99. The van der Waals surface area contributed by atoms with Crippen LogP contribution in [0.1, 0.15) is 61.2 Å². The van der Waals surface area contributed by atoms with Crippen molar-refractivity contribution < 1.29 is 9.90 Å². The van der Waals surface area contributed by atoms with E-state index in [0.29, 0.717) is 6.42 Å². The molecule has 0 saturated carbocycles. The highest BCUT2D eigenvalue weighted by atomic mass is 32.1. The minimum absolute atomic E-state index is 0.0754. The molecule has 0 radical (unpaired) electrons. The van der Waals surface area contributed by atoms with Crippen LogP contribution in [0.15, 0.2) is 11.4 Å². The Balaban J connectivity index is 2.71. The van der Waals surface area contributed by atoms with Crippen LogP contribution < -0.4 is 0 Å². The first-order valence-electron chi connectivity index (χ1n) is 7.70. The quantitative estimate of drug-likeness (QED) is 0.746. The molecule has 116 valence electrons. The van der Waals surface area contributed by atoms with Gasteiger partial charge in [0.15, 0.2) is 0 Å². The highest BCUT2D eigenvalue weighted by molar-refractivity contribution is 7.10. The predicted octanol–water partition coefficient (Wildman–Crippen LogP) is 3.52. The van der Waals surface area contributed by atoms with Gasteiger partial charge >= 0.3 is 0 Å². The maximum atomic E-state index is 12.5. The van der Waals surface area contributed by atoms with Gasteiger partial charge in [-0.15, -0.1) is 11.3 Å². The Morgan fingerprint density at radius 1 is 1.29 bits per heavy atom. The second-order valence-corrected chi connectivity index (χ2v) is 5.89. The van der Waals surface area contributed by atoms with E-state index in [0.717, 1.165) is 49.2 Å². The first-order chi connectivity index (χ1) is 10.2. The van der Waals surface area contributed by atoms with Gasteiger partial charge < -0.3 is 10.0 Å².